The molecule has 2 heterocycles. The van der Waals surface area contributed by atoms with Crippen LogP contribution >= 0.6 is 12.2 Å². The molecular formula is C18H25FN4O3S. The van der Waals surface area contributed by atoms with Crippen molar-refractivity contribution >= 4 is 34.9 Å². The summed E-state index contributed by atoms with van der Waals surface area (Å²) in [4.78, 5) is 18.0. The molecule has 1 N–H and O–H groups in total. The van der Waals surface area contributed by atoms with Crippen LogP contribution < -0.4 is 15.1 Å². The number of piperazine rings is 1. The van der Waals surface area contributed by atoms with Gasteiger partial charge in [0.15, 0.2) is 0 Å². The lowest BCUT2D eigenvalue weighted by Gasteiger charge is -2.35. The highest BCUT2D eigenvalue weighted by Crippen LogP contribution is 2.28. The van der Waals surface area contributed by atoms with Crippen LogP contribution in [0.25, 0.3) is 0 Å². The van der Waals surface area contributed by atoms with Crippen molar-refractivity contribution < 1.29 is 18.7 Å². The third-order valence-electron chi connectivity index (χ3n) is 4.94. The van der Waals surface area contributed by atoms with Gasteiger partial charge in [0.2, 0.25) is 0 Å². The Bertz CT molecular complexity index is 697. The summed E-state index contributed by atoms with van der Waals surface area (Å²) in [5, 5.41) is 3.10. The Balaban J connectivity index is 1.63. The van der Waals surface area contributed by atoms with Gasteiger partial charge in [-0.1, -0.05) is 6.92 Å². The van der Waals surface area contributed by atoms with E-state index < -0.39 is 6.09 Å². The number of nitrogens with one attached hydrogen (secondary N) is 1. The number of thiocarbonyl (C=S) groups is 1. The second kappa shape index (κ2) is 8.71. The number of halogens is 1. The Labute approximate surface area is 164 Å². The van der Waals surface area contributed by atoms with Crippen molar-refractivity contribution in [2.75, 3.05) is 62.7 Å². The molecule has 7 nitrogen and oxygen atoms in total. The van der Waals surface area contributed by atoms with Gasteiger partial charge in [0.25, 0.3) is 5.17 Å². The highest BCUT2D eigenvalue weighted by atomic mass is 32.1. The zero-order valence-corrected chi connectivity index (χ0v) is 16.4. The van der Waals surface area contributed by atoms with Gasteiger partial charge in [-0.3, -0.25) is 4.90 Å². The van der Waals surface area contributed by atoms with E-state index in [1.54, 1.807) is 12.1 Å². The molecule has 0 saturated carbocycles. The maximum absolute atomic E-state index is 14.7. The molecule has 1 atom stereocenters. The average Bonchev–Trinajstić information content (AvgIpc) is 3.06. The molecule has 0 aliphatic carbocycles. The predicted molar refractivity (Wildman–Crippen MR) is 106 cm³/mol. The highest BCUT2D eigenvalue weighted by Gasteiger charge is 2.33. The lowest BCUT2D eigenvalue weighted by Crippen LogP contribution is -2.46. The van der Waals surface area contributed by atoms with Crippen molar-refractivity contribution in [2.45, 2.75) is 13.0 Å². The molecule has 9 heteroatoms. The molecule has 27 heavy (non-hydrogen) atoms. The minimum absolute atomic E-state index is 0.239. The number of amides is 1. The Hall–Kier alpha value is -2.13. The van der Waals surface area contributed by atoms with E-state index in [9.17, 15) is 9.18 Å². The fourth-order valence-electron chi connectivity index (χ4n) is 3.33. The lowest BCUT2D eigenvalue weighted by molar-refractivity contribution is 0.142. The van der Waals surface area contributed by atoms with Gasteiger partial charge in [-0.05, 0) is 37.0 Å². The molecule has 148 valence electrons. The molecular weight excluding hydrogens is 371 g/mol. The second-order valence-corrected chi connectivity index (χ2v) is 6.92. The van der Waals surface area contributed by atoms with Crippen LogP contribution in [0.5, 0.6) is 0 Å². The number of carbonyl (C=O) groups is 1. The summed E-state index contributed by atoms with van der Waals surface area (Å²) in [5.41, 5.74) is 1.07. The van der Waals surface area contributed by atoms with E-state index in [-0.39, 0.29) is 17.1 Å². The third-order valence-corrected chi connectivity index (χ3v) is 5.25. The van der Waals surface area contributed by atoms with Gasteiger partial charge >= 0.3 is 6.09 Å². The van der Waals surface area contributed by atoms with Crippen molar-refractivity contribution in [1.29, 1.82) is 0 Å². The number of cyclic esters (lactones) is 1. The minimum atomic E-state index is -0.492. The highest BCUT2D eigenvalue weighted by molar-refractivity contribution is 7.80. The lowest BCUT2D eigenvalue weighted by atomic mass is 10.2. The van der Waals surface area contributed by atoms with Gasteiger partial charge in [0.1, 0.15) is 11.9 Å². The Kier molecular flexibility index (Phi) is 6.33. The van der Waals surface area contributed by atoms with E-state index in [1.807, 2.05) is 4.90 Å². The Morgan fingerprint density at radius 2 is 2.11 bits per heavy atom. The summed E-state index contributed by atoms with van der Waals surface area (Å²) in [6.45, 7) is 7.25. The van der Waals surface area contributed by atoms with Crippen molar-refractivity contribution in [3.63, 3.8) is 0 Å². The molecule has 1 amide bonds. The number of rotatable bonds is 5. The molecule has 0 radical (unpaired) electrons. The maximum Gasteiger partial charge on any atom is 0.414 e. The molecule has 2 saturated heterocycles. The van der Waals surface area contributed by atoms with Gasteiger partial charge in [0.05, 0.1) is 31.6 Å². The number of likely N-dealkylation sites (N-methyl/N-ethyl adjacent to an activating group) is 1. The van der Waals surface area contributed by atoms with Crippen molar-refractivity contribution in [1.82, 2.24) is 10.2 Å². The van der Waals surface area contributed by atoms with Crippen LogP contribution in [-0.2, 0) is 9.47 Å². The Morgan fingerprint density at radius 1 is 1.37 bits per heavy atom. The number of ether oxygens (including phenoxy) is 2. The molecule has 2 fully saturated rings. The van der Waals surface area contributed by atoms with E-state index in [0.29, 0.717) is 24.5 Å². The first kappa shape index (κ1) is 19.6. The van der Waals surface area contributed by atoms with Crippen LogP contribution in [0.1, 0.15) is 6.92 Å². The van der Waals surface area contributed by atoms with Crippen molar-refractivity contribution in [2.24, 2.45) is 0 Å². The van der Waals surface area contributed by atoms with Crippen LogP contribution in [0.2, 0.25) is 0 Å². The standard InChI is InChI=1S/C18H25FN4O3S/c1-3-21-6-8-22(9-7-21)16-5-4-13(10-15(16)19)23-12-14(26-18(23)24)11-20-17(27)25-2/h4-5,10,14H,3,6-9,11-12H2,1-2H3,(H,20,27)/t14-/m0/s1. The Morgan fingerprint density at radius 3 is 2.74 bits per heavy atom. The number of hydrogen-bond donors (Lipinski definition) is 1. The van der Waals surface area contributed by atoms with E-state index in [0.717, 1.165) is 32.7 Å². The number of hydrogen-bond acceptors (Lipinski definition) is 6. The first-order valence-corrected chi connectivity index (χ1v) is 9.49. The zero-order valence-electron chi connectivity index (χ0n) is 15.6. The summed E-state index contributed by atoms with van der Waals surface area (Å²) >= 11 is 4.91. The van der Waals surface area contributed by atoms with Crippen LogP contribution in [0.3, 0.4) is 0 Å². The van der Waals surface area contributed by atoms with Crippen molar-refractivity contribution in [3.8, 4) is 0 Å². The normalized spacial score (nSPS) is 20.6. The molecule has 0 spiro atoms. The van der Waals surface area contributed by atoms with Gasteiger partial charge in [0, 0.05) is 26.2 Å². The maximum atomic E-state index is 14.7. The van der Waals surface area contributed by atoms with E-state index in [2.05, 4.69) is 17.1 Å². The number of carbonyl (C=O) groups excluding carboxylic acids is 1. The van der Waals surface area contributed by atoms with Crippen LogP contribution in [0.4, 0.5) is 20.6 Å². The van der Waals surface area contributed by atoms with Gasteiger partial charge in [-0.15, -0.1) is 0 Å². The third kappa shape index (κ3) is 4.59. The molecule has 2 aliphatic rings. The molecule has 2 aliphatic heterocycles. The largest absolute Gasteiger partial charge is 0.474 e. The summed E-state index contributed by atoms with van der Waals surface area (Å²) in [7, 11) is 1.47. The smallest absolute Gasteiger partial charge is 0.414 e. The summed E-state index contributed by atoms with van der Waals surface area (Å²) in [5.74, 6) is -0.326. The predicted octanol–water partition coefficient (Wildman–Crippen LogP) is 1.81. The summed E-state index contributed by atoms with van der Waals surface area (Å²) in [6.07, 6.45) is -0.871. The molecule has 0 bridgehead atoms. The zero-order chi connectivity index (χ0) is 19.4. The molecule has 1 aromatic carbocycles. The number of anilines is 2. The van der Waals surface area contributed by atoms with E-state index in [1.165, 1.54) is 18.1 Å². The molecule has 3 rings (SSSR count). The summed E-state index contributed by atoms with van der Waals surface area (Å²) in [6, 6.07) is 4.91. The van der Waals surface area contributed by atoms with E-state index >= 15 is 0 Å². The fourth-order valence-corrected chi connectivity index (χ4v) is 3.42. The molecule has 1 aromatic rings. The number of methoxy groups -OCH3 is 1. The SMILES string of the molecule is CCN1CCN(c2ccc(N3C[C@H](CNC(=S)OC)OC3=O)cc2F)CC1. The first-order chi connectivity index (χ1) is 13.0. The molecule has 0 aromatic heterocycles. The number of nitrogens with zero attached hydrogens (tertiary/aromatic N) is 3. The van der Waals surface area contributed by atoms with Gasteiger partial charge in [-0.25, -0.2) is 9.18 Å². The molecule has 0 unspecified atom stereocenters. The van der Waals surface area contributed by atoms with Crippen LogP contribution in [-0.4, -0.2) is 75.2 Å². The second-order valence-electron chi connectivity index (χ2n) is 6.55. The topological polar surface area (TPSA) is 57.3 Å². The van der Waals surface area contributed by atoms with Crippen LogP contribution in [0, 0.1) is 5.82 Å². The minimum Gasteiger partial charge on any atom is -0.474 e. The fraction of sp³-hybridized carbons (Fsp3) is 0.556. The number of benzene rings is 1. The first-order valence-electron chi connectivity index (χ1n) is 9.08. The van der Waals surface area contributed by atoms with E-state index in [4.69, 9.17) is 21.7 Å². The van der Waals surface area contributed by atoms with Gasteiger partial charge < -0.3 is 24.6 Å². The monoisotopic (exact) mass is 396 g/mol. The summed E-state index contributed by atoms with van der Waals surface area (Å²) < 4.78 is 24.9. The van der Waals surface area contributed by atoms with Crippen LogP contribution in [0.15, 0.2) is 18.2 Å². The van der Waals surface area contributed by atoms with Crippen molar-refractivity contribution in [3.05, 3.63) is 24.0 Å². The van der Waals surface area contributed by atoms with Gasteiger partial charge in [-0.2, -0.15) is 0 Å². The quantitative estimate of drug-likeness (QED) is 0.762. The average molecular weight is 396 g/mol.